The Morgan fingerprint density at radius 1 is 1.00 bits per heavy atom. The van der Waals surface area contributed by atoms with Crippen LogP contribution in [0.1, 0.15) is 23.5 Å². The zero-order valence-electron chi connectivity index (χ0n) is 12.7. The second-order valence-corrected chi connectivity index (χ2v) is 6.09. The standard InChI is InChI=1S/C19H23NO2/c21-17-8-6-15(7-9-17)10-12-20-13-11-18(19(22)14-20)16-4-2-1-3-5-16/h1-9,18-19,21-22H,10-14H2/t18-,19+/m0/s1. The smallest absolute Gasteiger partial charge is 0.115 e. The molecule has 0 saturated carbocycles. The second kappa shape index (κ2) is 6.95. The van der Waals surface area contributed by atoms with Gasteiger partial charge in [-0.3, -0.25) is 0 Å². The van der Waals surface area contributed by atoms with Crippen LogP contribution < -0.4 is 0 Å². The number of hydrogen-bond acceptors (Lipinski definition) is 3. The summed E-state index contributed by atoms with van der Waals surface area (Å²) in [7, 11) is 0. The number of likely N-dealkylation sites (tertiary alicyclic amines) is 1. The van der Waals surface area contributed by atoms with Gasteiger partial charge < -0.3 is 15.1 Å². The quantitative estimate of drug-likeness (QED) is 0.912. The maximum Gasteiger partial charge on any atom is 0.115 e. The first kappa shape index (κ1) is 15.1. The Kier molecular flexibility index (Phi) is 4.76. The lowest BCUT2D eigenvalue weighted by Crippen LogP contribution is -2.43. The summed E-state index contributed by atoms with van der Waals surface area (Å²) in [6.07, 6.45) is 1.65. The van der Waals surface area contributed by atoms with Gasteiger partial charge in [0.05, 0.1) is 6.10 Å². The minimum Gasteiger partial charge on any atom is -0.508 e. The first-order valence-electron chi connectivity index (χ1n) is 7.95. The summed E-state index contributed by atoms with van der Waals surface area (Å²) < 4.78 is 0. The molecular formula is C19H23NO2. The van der Waals surface area contributed by atoms with Gasteiger partial charge in [0.1, 0.15) is 5.75 Å². The maximum atomic E-state index is 10.5. The van der Waals surface area contributed by atoms with Gasteiger partial charge in [-0.25, -0.2) is 0 Å². The highest BCUT2D eigenvalue weighted by atomic mass is 16.3. The van der Waals surface area contributed by atoms with Crippen LogP contribution in [0.4, 0.5) is 0 Å². The molecule has 2 aromatic carbocycles. The largest absolute Gasteiger partial charge is 0.508 e. The Hall–Kier alpha value is -1.84. The van der Waals surface area contributed by atoms with E-state index in [2.05, 4.69) is 17.0 Å². The third-order valence-corrected chi connectivity index (χ3v) is 4.55. The van der Waals surface area contributed by atoms with Crippen LogP contribution >= 0.6 is 0 Å². The molecule has 0 bridgehead atoms. The average molecular weight is 297 g/mol. The topological polar surface area (TPSA) is 43.7 Å². The summed E-state index contributed by atoms with van der Waals surface area (Å²) in [5.41, 5.74) is 2.46. The fourth-order valence-electron chi connectivity index (χ4n) is 3.24. The van der Waals surface area contributed by atoms with Crippen molar-refractivity contribution in [1.29, 1.82) is 0 Å². The number of aliphatic hydroxyl groups excluding tert-OH is 1. The number of rotatable bonds is 4. The Balaban J connectivity index is 1.53. The van der Waals surface area contributed by atoms with Crippen molar-refractivity contribution in [1.82, 2.24) is 4.90 Å². The molecule has 0 radical (unpaired) electrons. The van der Waals surface area contributed by atoms with E-state index in [1.54, 1.807) is 12.1 Å². The first-order chi connectivity index (χ1) is 10.7. The van der Waals surface area contributed by atoms with Crippen LogP contribution in [0, 0.1) is 0 Å². The number of benzene rings is 2. The molecule has 0 aromatic heterocycles. The molecule has 1 aliphatic rings. The number of phenolic OH excluding ortho intramolecular Hbond substituents is 1. The molecule has 0 spiro atoms. The SMILES string of the molecule is Oc1ccc(CCN2CC[C@@H](c3ccccc3)[C@H](O)C2)cc1. The molecule has 0 aliphatic carbocycles. The first-order valence-corrected chi connectivity index (χ1v) is 7.95. The van der Waals surface area contributed by atoms with Crippen molar-refractivity contribution >= 4 is 0 Å². The van der Waals surface area contributed by atoms with Gasteiger partial charge >= 0.3 is 0 Å². The van der Waals surface area contributed by atoms with Crippen LogP contribution in [0.3, 0.4) is 0 Å². The number of aromatic hydroxyl groups is 1. The molecule has 3 heteroatoms. The zero-order valence-corrected chi connectivity index (χ0v) is 12.7. The third-order valence-electron chi connectivity index (χ3n) is 4.55. The Bertz CT molecular complexity index is 582. The molecule has 0 unspecified atom stereocenters. The van der Waals surface area contributed by atoms with E-state index in [9.17, 15) is 10.2 Å². The van der Waals surface area contributed by atoms with Crippen molar-refractivity contribution in [2.45, 2.75) is 24.9 Å². The number of aliphatic hydroxyl groups is 1. The number of β-amino-alcohol motifs (C(OH)–C–C–N with tert-alkyl or cyclic N) is 1. The fraction of sp³-hybridized carbons (Fsp3) is 0.368. The van der Waals surface area contributed by atoms with Crippen molar-refractivity contribution in [3.63, 3.8) is 0 Å². The lowest BCUT2D eigenvalue weighted by Gasteiger charge is -2.36. The van der Waals surface area contributed by atoms with Crippen LogP contribution in [0.5, 0.6) is 5.75 Å². The molecule has 2 atom stereocenters. The van der Waals surface area contributed by atoms with E-state index < -0.39 is 0 Å². The van der Waals surface area contributed by atoms with E-state index in [1.807, 2.05) is 30.3 Å². The lowest BCUT2D eigenvalue weighted by atomic mass is 9.87. The second-order valence-electron chi connectivity index (χ2n) is 6.09. The molecule has 3 nitrogen and oxygen atoms in total. The normalized spacial score (nSPS) is 22.6. The van der Waals surface area contributed by atoms with E-state index in [0.29, 0.717) is 5.75 Å². The number of hydrogen-bond donors (Lipinski definition) is 2. The van der Waals surface area contributed by atoms with Gasteiger partial charge in [0.2, 0.25) is 0 Å². The van der Waals surface area contributed by atoms with Gasteiger partial charge in [0.15, 0.2) is 0 Å². The van der Waals surface area contributed by atoms with E-state index in [-0.39, 0.29) is 12.0 Å². The fourth-order valence-corrected chi connectivity index (χ4v) is 3.24. The van der Waals surface area contributed by atoms with Gasteiger partial charge in [-0.1, -0.05) is 42.5 Å². The summed E-state index contributed by atoms with van der Waals surface area (Å²) in [6, 6.07) is 17.7. The highest BCUT2D eigenvalue weighted by molar-refractivity contribution is 5.26. The molecule has 3 rings (SSSR count). The van der Waals surface area contributed by atoms with Crippen LogP contribution in [-0.4, -0.2) is 40.9 Å². The molecule has 0 amide bonds. The predicted octanol–water partition coefficient (Wildman–Crippen LogP) is 2.79. The molecule has 1 saturated heterocycles. The summed E-state index contributed by atoms with van der Waals surface area (Å²) in [4.78, 5) is 2.33. The van der Waals surface area contributed by atoms with Crippen LogP contribution in [0.2, 0.25) is 0 Å². The molecule has 2 N–H and O–H groups in total. The third kappa shape index (κ3) is 3.67. The molecular weight excluding hydrogens is 274 g/mol. The van der Waals surface area contributed by atoms with Gasteiger partial charge in [-0.15, -0.1) is 0 Å². The molecule has 2 aromatic rings. The van der Waals surface area contributed by atoms with Crippen LogP contribution in [0.15, 0.2) is 54.6 Å². The average Bonchev–Trinajstić information content (AvgIpc) is 2.55. The maximum absolute atomic E-state index is 10.5. The number of piperidine rings is 1. The van der Waals surface area contributed by atoms with E-state index >= 15 is 0 Å². The predicted molar refractivity (Wildman–Crippen MR) is 88.1 cm³/mol. The molecule has 1 aliphatic heterocycles. The van der Waals surface area contributed by atoms with Crippen LogP contribution in [0.25, 0.3) is 0 Å². The van der Waals surface area contributed by atoms with Crippen molar-refractivity contribution in [2.75, 3.05) is 19.6 Å². The van der Waals surface area contributed by atoms with Gasteiger partial charge in [0.25, 0.3) is 0 Å². The van der Waals surface area contributed by atoms with Crippen molar-refractivity contribution in [3.05, 3.63) is 65.7 Å². The highest BCUT2D eigenvalue weighted by Crippen LogP contribution is 2.28. The minimum atomic E-state index is -0.295. The molecule has 1 heterocycles. The molecule has 116 valence electrons. The van der Waals surface area contributed by atoms with E-state index in [4.69, 9.17) is 0 Å². The Labute approximate surface area is 131 Å². The van der Waals surface area contributed by atoms with Gasteiger partial charge in [-0.2, -0.15) is 0 Å². The summed E-state index contributed by atoms with van der Waals surface area (Å²) in [5.74, 6) is 0.564. The highest BCUT2D eigenvalue weighted by Gasteiger charge is 2.28. The number of nitrogens with zero attached hydrogens (tertiary/aromatic N) is 1. The van der Waals surface area contributed by atoms with Crippen molar-refractivity contribution < 1.29 is 10.2 Å². The lowest BCUT2D eigenvalue weighted by molar-refractivity contribution is 0.0519. The summed E-state index contributed by atoms with van der Waals surface area (Å²) in [6.45, 7) is 2.70. The summed E-state index contributed by atoms with van der Waals surface area (Å²) >= 11 is 0. The Morgan fingerprint density at radius 3 is 2.41 bits per heavy atom. The summed E-state index contributed by atoms with van der Waals surface area (Å²) in [5, 5.41) is 19.8. The van der Waals surface area contributed by atoms with Gasteiger partial charge in [-0.05, 0) is 42.6 Å². The zero-order chi connectivity index (χ0) is 15.4. The molecule has 1 fully saturated rings. The van der Waals surface area contributed by atoms with Crippen molar-refractivity contribution in [3.8, 4) is 5.75 Å². The monoisotopic (exact) mass is 297 g/mol. The van der Waals surface area contributed by atoms with Gasteiger partial charge in [0, 0.05) is 19.0 Å². The van der Waals surface area contributed by atoms with E-state index in [1.165, 1.54) is 11.1 Å². The van der Waals surface area contributed by atoms with E-state index in [0.717, 1.165) is 32.5 Å². The van der Waals surface area contributed by atoms with Crippen LogP contribution in [-0.2, 0) is 6.42 Å². The number of phenols is 1. The van der Waals surface area contributed by atoms with Crippen molar-refractivity contribution in [2.24, 2.45) is 0 Å². The molecule has 22 heavy (non-hydrogen) atoms. The Morgan fingerprint density at radius 2 is 1.73 bits per heavy atom. The minimum absolute atomic E-state index is 0.256.